The minimum atomic E-state index is -0.101. The van der Waals surface area contributed by atoms with Gasteiger partial charge in [0.25, 0.3) is 5.91 Å². The number of methoxy groups -OCH3 is 1. The van der Waals surface area contributed by atoms with Gasteiger partial charge >= 0.3 is 0 Å². The molecule has 2 fully saturated rings. The molecule has 0 radical (unpaired) electrons. The van der Waals surface area contributed by atoms with Gasteiger partial charge in [0.15, 0.2) is 5.50 Å². The number of hydrogen-bond acceptors (Lipinski definition) is 4. The molecule has 4 nitrogen and oxygen atoms in total. The molecular formula is C24H28N2O2S. The summed E-state index contributed by atoms with van der Waals surface area (Å²) in [6, 6.07) is 18.2. The molecule has 0 bridgehead atoms. The van der Waals surface area contributed by atoms with Crippen molar-refractivity contribution < 1.29 is 9.53 Å². The molecule has 1 unspecified atom stereocenters. The van der Waals surface area contributed by atoms with Gasteiger partial charge in [-0.15, -0.1) is 0 Å². The highest BCUT2D eigenvalue weighted by molar-refractivity contribution is 8.05. The van der Waals surface area contributed by atoms with E-state index < -0.39 is 0 Å². The molecule has 0 aromatic heterocycles. The molecule has 1 saturated carbocycles. The number of carbonyl (C=O) groups is 1. The Bertz CT molecular complexity index is 883. The monoisotopic (exact) mass is 408 g/mol. The van der Waals surface area contributed by atoms with E-state index in [1.807, 2.05) is 48.5 Å². The van der Waals surface area contributed by atoms with Crippen LogP contribution in [0.25, 0.3) is 6.08 Å². The van der Waals surface area contributed by atoms with Gasteiger partial charge in [-0.05, 0) is 43.0 Å². The topological polar surface area (TPSA) is 41.6 Å². The summed E-state index contributed by atoms with van der Waals surface area (Å²) in [5.74, 6) is 1.41. The first kappa shape index (κ1) is 19.9. The number of benzene rings is 2. The molecule has 2 aromatic rings. The van der Waals surface area contributed by atoms with Crippen molar-refractivity contribution in [3.63, 3.8) is 0 Å². The van der Waals surface area contributed by atoms with Crippen molar-refractivity contribution in [1.29, 1.82) is 0 Å². The van der Waals surface area contributed by atoms with E-state index in [4.69, 9.17) is 4.74 Å². The molecule has 1 aliphatic heterocycles. The minimum Gasteiger partial charge on any atom is -0.496 e. The van der Waals surface area contributed by atoms with Gasteiger partial charge in [0.1, 0.15) is 5.75 Å². The number of hydrogen-bond donors (Lipinski definition) is 1. The summed E-state index contributed by atoms with van der Waals surface area (Å²) < 4.78 is 5.48. The van der Waals surface area contributed by atoms with Crippen molar-refractivity contribution in [1.82, 2.24) is 4.90 Å². The first-order valence-corrected chi connectivity index (χ1v) is 11.2. The van der Waals surface area contributed by atoms with E-state index in [-0.39, 0.29) is 17.4 Å². The Morgan fingerprint density at radius 1 is 1.07 bits per heavy atom. The minimum absolute atomic E-state index is 0.101. The van der Waals surface area contributed by atoms with Crippen molar-refractivity contribution in [2.75, 3.05) is 12.4 Å². The van der Waals surface area contributed by atoms with Gasteiger partial charge in [-0.2, -0.15) is 0 Å². The van der Waals surface area contributed by atoms with E-state index in [1.54, 1.807) is 18.9 Å². The molecule has 5 heteroatoms. The maximum absolute atomic E-state index is 13.5. The molecule has 2 aromatic carbocycles. The SMILES string of the molecule is COc1ccccc1/C=C1\SC(Nc2ccccc2)N([C@H]2CCCC[C@H]2C)C1=O. The van der Waals surface area contributed by atoms with E-state index in [9.17, 15) is 4.79 Å². The average Bonchev–Trinajstić information content (AvgIpc) is 3.04. The molecule has 2 aliphatic rings. The number of nitrogens with zero attached hydrogens (tertiary/aromatic N) is 1. The maximum Gasteiger partial charge on any atom is 0.262 e. The largest absolute Gasteiger partial charge is 0.496 e. The van der Waals surface area contributed by atoms with Crippen LogP contribution < -0.4 is 10.1 Å². The summed E-state index contributed by atoms with van der Waals surface area (Å²) in [6.45, 7) is 2.28. The number of nitrogens with one attached hydrogen (secondary N) is 1. The number of ether oxygens (including phenoxy) is 1. The van der Waals surface area contributed by atoms with Crippen LogP contribution in [0.5, 0.6) is 5.75 Å². The van der Waals surface area contributed by atoms with E-state index in [1.165, 1.54) is 19.3 Å². The van der Waals surface area contributed by atoms with Crippen LogP contribution in [0.4, 0.5) is 5.69 Å². The van der Waals surface area contributed by atoms with Gasteiger partial charge < -0.3 is 15.0 Å². The predicted molar refractivity (Wildman–Crippen MR) is 121 cm³/mol. The molecular weight excluding hydrogens is 380 g/mol. The molecule has 1 amide bonds. The van der Waals surface area contributed by atoms with Crippen LogP contribution in [-0.2, 0) is 4.79 Å². The molecule has 0 spiro atoms. The van der Waals surface area contributed by atoms with Crippen molar-refractivity contribution in [2.45, 2.75) is 44.1 Å². The molecule has 1 N–H and O–H groups in total. The summed E-state index contributed by atoms with van der Waals surface area (Å²) in [5.41, 5.74) is 1.86. The van der Waals surface area contributed by atoms with Crippen LogP contribution in [0.3, 0.4) is 0 Å². The van der Waals surface area contributed by atoms with Crippen LogP contribution >= 0.6 is 11.8 Å². The number of para-hydroxylation sites is 2. The Morgan fingerprint density at radius 3 is 2.55 bits per heavy atom. The highest BCUT2D eigenvalue weighted by Gasteiger charge is 2.42. The van der Waals surface area contributed by atoms with Gasteiger partial charge in [-0.1, -0.05) is 67.9 Å². The molecule has 29 heavy (non-hydrogen) atoms. The third-order valence-corrected chi connectivity index (χ3v) is 6.96. The number of anilines is 1. The summed E-state index contributed by atoms with van der Waals surface area (Å²) in [4.78, 5) is 16.4. The van der Waals surface area contributed by atoms with Gasteiger partial charge in [0, 0.05) is 17.3 Å². The summed E-state index contributed by atoms with van der Waals surface area (Å²) in [7, 11) is 1.66. The van der Waals surface area contributed by atoms with Crippen LogP contribution in [0, 0.1) is 5.92 Å². The average molecular weight is 409 g/mol. The number of thioether (sulfide) groups is 1. The highest BCUT2D eigenvalue weighted by Crippen LogP contribution is 2.42. The zero-order valence-corrected chi connectivity index (χ0v) is 17.8. The van der Waals surface area contributed by atoms with E-state index in [0.29, 0.717) is 5.92 Å². The molecule has 152 valence electrons. The van der Waals surface area contributed by atoms with Gasteiger partial charge in [0.2, 0.25) is 0 Å². The van der Waals surface area contributed by atoms with Gasteiger partial charge in [-0.3, -0.25) is 4.79 Å². The number of carbonyl (C=O) groups excluding carboxylic acids is 1. The fraction of sp³-hybridized carbons (Fsp3) is 0.375. The molecule has 1 saturated heterocycles. The molecule has 1 heterocycles. The Morgan fingerprint density at radius 2 is 1.79 bits per heavy atom. The molecule has 4 rings (SSSR count). The first-order valence-electron chi connectivity index (χ1n) is 10.3. The van der Waals surface area contributed by atoms with Crippen molar-refractivity contribution in [3.05, 3.63) is 65.1 Å². The van der Waals surface area contributed by atoms with Gasteiger partial charge in [0.05, 0.1) is 12.0 Å². The fourth-order valence-electron chi connectivity index (χ4n) is 4.29. The quantitative estimate of drug-likeness (QED) is 0.655. The summed E-state index contributed by atoms with van der Waals surface area (Å²) >= 11 is 1.60. The smallest absolute Gasteiger partial charge is 0.262 e. The third kappa shape index (κ3) is 4.30. The van der Waals surface area contributed by atoms with Crippen LogP contribution in [0.2, 0.25) is 0 Å². The second kappa shape index (κ2) is 8.95. The van der Waals surface area contributed by atoms with Crippen LogP contribution in [-0.4, -0.2) is 29.5 Å². The van der Waals surface area contributed by atoms with Crippen LogP contribution in [0.15, 0.2) is 59.5 Å². The summed E-state index contributed by atoms with van der Waals surface area (Å²) in [5, 5.41) is 3.58. The standard InChI is InChI=1S/C24H28N2O2S/c1-17-10-6-8-14-20(17)26-23(27)22(16-18-11-7-9-15-21(18)28-2)29-24(26)25-19-12-4-3-5-13-19/h3-5,7,9,11-13,15-17,20,24-25H,6,8,10,14H2,1-2H3/b22-16-/t17-,20+,24?/m1/s1. The number of amides is 1. The zero-order chi connectivity index (χ0) is 20.2. The maximum atomic E-state index is 13.5. The second-order valence-corrected chi connectivity index (χ2v) is 8.89. The highest BCUT2D eigenvalue weighted by atomic mass is 32.2. The van der Waals surface area contributed by atoms with Crippen LogP contribution in [0.1, 0.15) is 38.2 Å². The van der Waals surface area contributed by atoms with Crippen molar-refractivity contribution in [2.24, 2.45) is 5.92 Å². The van der Waals surface area contributed by atoms with E-state index in [2.05, 4.69) is 29.3 Å². The Kier molecular flexibility index (Phi) is 6.14. The second-order valence-electron chi connectivity index (χ2n) is 7.77. The molecule has 3 atom stereocenters. The third-order valence-electron chi connectivity index (χ3n) is 5.85. The zero-order valence-electron chi connectivity index (χ0n) is 17.0. The Labute approximate surface area is 177 Å². The van der Waals surface area contributed by atoms with Crippen molar-refractivity contribution in [3.8, 4) is 5.75 Å². The lowest BCUT2D eigenvalue weighted by atomic mass is 9.85. The van der Waals surface area contributed by atoms with Crippen molar-refractivity contribution >= 4 is 29.4 Å². The first-order chi connectivity index (χ1) is 14.2. The lowest BCUT2D eigenvalue weighted by Gasteiger charge is -2.39. The normalized spacial score (nSPS) is 26.0. The van der Waals surface area contributed by atoms with Gasteiger partial charge in [-0.25, -0.2) is 0 Å². The molecule has 1 aliphatic carbocycles. The lowest BCUT2D eigenvalue weighted by Crippen LogP contribution is -2.48. The lowest BCUT2D eigenvalue weighted by molar-refractivity contribution is -0.129. The summed E-state index contributed by atoms with van der Waals surface area (Å²) in [6.07, 6.45) is 6.67. The van der Waals surface area contributed by atoms with E-state index >= 15 is 0 Å². The Hall–Kier alpha value is -2.40. The Balaban J connectivity index is 1.66. The number of rotatable bonds is 5. The van der Waals surface area contributed by atoms with E-state index in [0.717, 1.165) is 28.3 Å². The fourth-order valence-corrected chi connectivity index (χ4v) is 5.50. The predicted octanol–water partition coefficient (Wildman–Crippen LogP) is 5.59.